The Morgan fingerprint density at radius 2 is 1.68 bits per heavy atom. The van der Waals surface area contributed by atoms with Gasteiger partial charge in [-0.1, -0.05) is 44.2 Å². The molecule has 2 aromatic carbocycles. The highest BCUT2D eigenvalue weighted by molar-refractivity contribution is 6.23. The number of carbonyl (C=O) groups excluding carboxylic acids is 1. The molecular formula is C29H32N3O2+. The standard InChI is InChI=1S/C29H31N3O2/c1-6-30-22-14-10-9-13-21(22)29(4,5)25(30)17-19-27(33)20(28(19)34)18-26-31(7-2)23-15-11-12-16-24(23)32(26)8-3/h9-18H,6-8H2,1-5H3/p+1. The summed E-state index contributed by atoms with van der Waals surface area (Å²) in [6, 6.07) is 16.6. The molecule has 3 aromatic rings. The highest BCUT2D eigenvalue weighted by Crippen LogP contribution is 2.48. The molecule has 0 atom stereocenters. The number of hydrogen-bond donors (Lipinski definition) is 1. The van der Waals surface area contributed by atoms with E-state index in [0.29, 0.717) is 11.1 Å². The van der Waals surface area contributed by atoms with Gasteiger partial charge in [-0.15, -0.1) is 0 Å². The van der Waals surface area contributed by atoms with Crippen LogP contribution in [0.2, 0.25) is 0 Å². The Kier molecular flexibility index (Phi) is 5.23. The van der Waals surface area contributed by atoms with Crippen LogP contribution in [0, 0.1) is 0 Å². The highest BCUT2D eigenvalue weighted by Gasteiger charge is 2.42. The van der Waals surface area contributed by atoms with E-state index in [9.17, 15) is 9.90 Å². The summed E-state index contributed by atoms with van der Waals surface area (Å²) in [7, 11) is 0. The predicted molar refractivity (Wildman–Crippen MR) is 137 cm³/mol. The number of Topliss-reactive ketones (excluding diaryl/α,β-unsaturated/α-hetero) is 1. The zero-order chi connectivity index (χ0) is 24.2. The van der Waals surface area contributed by atoms with Gasteiger partial charge in [-0.2, -0.15) is 0 Å². The quantitative estimate of drug-likeness (QED) is 0.412. The van der Waals surface area contributed by atoms with Crippen molar-refractivity contribution in [1.82, 2.24) is 4.57 Å². The van der Waals surface area contributed by atoms with Crippen LogP contribution in [0.5, 0.6) is 0 Å². The number of likely N-dealkylation sites (N-methyl/N-ethyl adjacent to an activating group) is 1. The lowest BCUT2D eigenvalue weighted by Crippen LogP contribution is -2.36. The molecule has 0 fully saturated rings. The lowest BCUT2D eigenvalue weighted by atomic mass is 9.80. The fourth-order valence-corrected chi connectivity index (χ4v) is 5.55. The number of hydrogen-bond acceptors (Lipinski definition) is 3. The Labute approximate surface area is 200 Å². The molecule has 1 aliphatic heterocycles. The van der Waals surface area contributed by atoms with Gasteiger partial charge >= 0.3 is 0 Å². The SMILES string of the molecule is CCN1C(=CC2=C(O)C(=Cc3n(CC)c4ccccc4[n+]3CC)C2=O)C(C)(C)c2ccccc21. The average Bonchev–Trinajstić information content (AvgIpc) is 3.28. The second-order valence-corrected chi connectivity index (χ2v) is 9.40. The Morgan fingerprint density at radius 1 is 0.971 bits per heavy atom. The summed E-state index contributed by atoms with van der Waals surface area (Å²) in [5.74, 6) is 0.899. The molecule has 174 valence electrons. The third-order valence-electron chi connectivity index (χ3n) is 7.32. The molecule has 1 aliphatic carbocycles. The number of nitrogens with zero attached hydrogens (tertiary/aromatic N) is 3. The summed E-state index contributed by atoms with van der Waals surface area (Å²) < 4.78 is 4.39. The molecule has 0 saturated carbocycles. The van der Waals surface area contributed by atoms with Gasteiger partial charge < -0.3 is 10.0 Å². The van der Waals surface area contributed by atoms with Crippen molar-refractivity contribution in [2.45, 2.75) is 53.1 Å². The maximum absolute atomic E-state index is 13.3. The molecular weight excluding hydrogens is 422 g/mol. The van der Waals surface area contributed by atoms with Gasteiger partial charge in [0.2, 0.25) is 5.78 Å². The van der Waals surface area contributed by atoms with Crippen molar-refractivity contribution in [1.29, 1.82) is 0 Å². The summed E-state index contributed by atoms with van der Waals surface area (Å²) in [6.07, 6.45) is 3.74. The summed E-state index contributed by atoms with van der Waals surface area (Å²) >= 11 is 0. The molecule has 5 heteroatoms. The number of rotatable bonds is 5. The predicted octanol–water partition coefficient (Wildman–Crippen LogP) is 5.45. The Hall–Kier alpha value is -3.60. The molecule has 0 spiro atoms. The molecule has 5 nitrogen and oxygen atoms in total. The largest absolute Gasteiger partial charge is 0.506 e. The van der Waals surface area contributed by atoms with Crippen molar-refractivity contribution in [2.75, 3.05) is 11.4 Å². The topological polar surface area (TPSA) is 49.4 Å². The molecule has 2 heterocycles. The maximum Gasteiger partial charge on any atom is 0.283 e. The maximum atomic E-state index is 13.3. The van der Waals surface area contributed by atoms with Crippen LogP contribution < -0.4 is 9.47 Å². The summed E-state index contributed by atoms with van der Waals surface area (Å²) in [5.41, 5.74) is 6.21. The van der Waals surface area contributed by atoms with Crippen LogP contribution in [-0.4, -0.2) is 22.0 Å². The van der Waals surface area contributed by atoms with Crippen molar-refractivity contribution in [3.05, 3.63) is 88.6 Å². The van der Waals surface area contributed by atoms with E-state index in [1.165, 1.54) is 11.3 Å². The van der Waals surface area contributed by atoms with Crippen molar-refractivity contribution < 1.29 is 14.5 Å². The second kappa shape index (κ2) is 8.01. The van der Waals surface area contributed by atoms with Crippen LogP contribution in [0.3, 0.4) is 0 Å². The Morgan fingerprint density at radius 3 is 2.35 bits per heavy atom. The first-order valence-corrected chi connectivity index (χ1v) is 12.1. The van der Waals surface area contributed by atoms with Gasteiger partial charge in [-0.05, 0) is 50.6 Å². The number of aryl methyl sites for hydroxylation is 2. The van der Waals surface area contributed by atoms with Gasteiger partial charge in [0.15, 0.2) is 11.0 Å². The third-order valence-corrected chi connectivity index (χ3v) is 7.32. The molecule has 0 saturated heterocycles. The number of aromatic nitrogens is 2. The lowest BCUT2D eigenvalue weighted by Gasteiger charge is -2.28. The van der Waals surface area contributed by atoms with Gasteiger partial charge in [-0.25, -0.2) is 9.13 Å². The van der Waals surface area contributed by atoms with Crippen LogP contribution >= 0.6 is 0 Å². The van der Waals surface area contributed by atoms with Crippen molar-refractivity contribution in [2.24, 2.45) is 0 Å². The Balaban J connectivity index is 1.61. The number of ketones is 1. The zero-order valence-corrected chi connectivity index (χ0v) is 20.6. The average molecular weight is 455 g/mol. The van der Waals surface area contributed by atoms with Gasteiger partial charge in [0.05, 0.1) is 24.2 Å². The Bertz CT molecular complexity index is 1380. The minimum atomic E-state index is -0.250. The molecule has 34 heavy (non-hydrogen) atoms. The number of aliphatic hydroxyl groups excluding tert-OH is 1. The summed E-state index contributed by atoms with van der Waals surface area (Å²) in [4.78, 5) is 15.5. The fraction of sp³-hybridized carbons (Fsp3) is 0.310. The van der Waals surface area contributed by atoms with Gasteiger partial charge in [0.1, 0.15) is 5.76 Å². The molecule has 1 aromatic heterocycles. The first-order chi connectivity index (χ1) is 16.3. The van der Waals surface area contributed by atoms with Crippen molar-refractivity contribution in [3.8, 4) is 0 Å². The van der Waals surface area contributed by atoms with E-state index in [4.69, 9.17) is 0 Å². The van der Waals surface area contributed by atoms with E-state index in [0.717, 1.165) is 42.2 Å². The number of imidazole rings is 1. The molecule has 0 radical (unpaired) electrons. The number of allylic oxidation sites excluding steroid dienone is 4. The van der Waals surface area contributed by atoms with Crippen LogP contribution in [0.15, 0.2) is 77.2 Å². The van der Waals surface area contributed by atoms with Crippen LogP contribution in [-0.2, 0) is 23.3 Å². The minimum absolute atomic E-state index is 0.0795. The molecule has 2 aliphatic rings. The lowest BCUT2D eigenvalue weighted by molar-refractivity contribution is -0.670. The van der Waals surface area contributed by atoms with E-state index in [1.807, 2.05) is 30.4 Å². The number of para-hydroxylation sites is 3. The molecule has 0 amide bonds. The number of anilines is 1. The monoisotopic (exact) mass is 454 g/mol. The second-order valence-electron chi connectivity index (χ2n) is 9.40. The van der Waals surface area contributed by atoms with E-state index in [2.05, 4.69) is 79.0 Å². The first kappa shape index (κ1) is 22.2. The van der Waals surface area contributed by atoms with Crippen molar-refractivity contribution in [3.63, 3.8) is 0 Å². The van der Waals surface area contributed by atoms with Gasteiger partial charge in [0.25, 0.3) is 5.82 Å². The molecule has 1 N–H and O–H groups in total. The van der Waals surface area contributed by atoms with Crippen molar-refractivity contribution >= 4 is 28.6 Å². The zero-order valence-electron chi connectivity index (χ0n) is 20.6. The fourth-order valence-electron chi connectivity index (χ4n) is 5.55. The van der Waals surface area contributed by atoms with Crippen LogP contribution in [0.1, 0.15) is 46.0 Å². The highest BCUT2D eigenvalue weighted by atomic mass is 16.3. The number of benzene rings is 2. The summed E-state index contributed by atoms with van der Waals surface area (Å²) in [6.45, 7) is 13.0. The summed E-state index contributed by atoms with van der Waals surface area (Å²) in [5, 5.41) is 11.0. The van der Waals surface area contributed by atoms with E-state index in [-0.39, 0.29) is 17.0 Å². The van der Waals surface area contributed by atoms with Crippen LogP contribution in [0.25, 0.3) is 17.1 Å². The number of fused-ring (bicyclic) bond motifs is 2. The third kappa shape index (κ3) is 2.99. The minimum Gasteiger partial charge on any atom is -0.506 e. The molecule has 5 rings (SSSR count). The molecule has 0 unspecified atom stereocenters. The van der Waals surface area contributed by atoms with E-state index >= 15 is 0 Å². The van der Waals surface area contributed by atoms with E-state index in [1.54, 1.807) is 0 Å². The number of carbonyl (C=O) groups is 1. The van der Waals surface area contributed by atoms with Gasteiger partial charge in [0, 0.05) is 29.4 Å². The normalized spacial score (nSPS) is 19.4. The number of aliphatic hydroxyl groups is 1. The first-order valence-electron chi connectivity index (χ1n) is 12.1. The molecule has 0 bridgehead atoms. The van der Waals surface area contributed by atoms with E-state index < -0.39 is 0 Å². The smallest absolute Gasteiger partial charge is 0.283 e. The van der Waals surface area contributed by atoms with Crippen LogP contribution in [0.4, 0.5) is 5.69 Å². The van der Waals surface area contributed by atoms with Gasteiger partial charge in [-0.3, -0.25) is 4.79 Å².